The summed E-state index contributed by atoms with van der Waals surface area (Å²) in [7, 11) is 0. The molecule has 9 nitrogen and oxygen atoms in total. The van der Waals surface area contributed by atoms with Crippen molar-refractivity contribution in [1.82, 2.24) is 9.88 Å². The number of nitrogens with one attached hydrogen (secondary N) is 2. The lowest BCUT2D eigenvalue weighted by Crippen LogP contribution is -2.50. The number of aromatic nitrogens is 1. The van der Waals surface area contributed by atoms with Crippen LogP contribution in [0, 0.1) is 22.7 Å². The molecule has 4 rings (SSSR count). The Hall–Kier alpha value is -3.84. The Kier molecular flexibility index (Phi) is 6.33. The molecule has 1 aliphatic heterocycles. The standard InChI is InChI=1S/C23H22FN5O4/c24-17-11-29(22(31)12-30)6-4-20(17)33-19-2-1-13(7-15(19)10-25)14-3-5-27-21(8-14)28-23(32)16-9-18(16)26/h1-3,5,7-8,16-17,20,26,30H,4,6,9,11-12H2,(H,27,28,32)/t16?,17-,20+/m1/s1. The summed E-state index contributed by atoms with van der Waals surface area (Å²) in [6, 6.07) is 10.4. The van der Waals surface area contributed by atoms with Crippen molar-refractivity contribution in [3.8, 4) is 22.9 Å². The highest BCUT2D eigenvalue weighted by atomic mass is 19.1. The summed E-state index contributed by atoms with van der Waals surface area (Å²) in [6.45, 7) is -0.574. The van der Waals surface area contributed by atoms with Crippen molar-refractivity contribution < 1.29 is 23.8 Å². The number of aliphatic hydroxyl groups is 1. The van der Waals surface area contributed by atoms with E-state index in [1.165, 1.54) is 11.1 Å². The van der Waals surface area contributed by atoms with Crippen LogP contribution in [0.2, 0.25) is 0 Å². The second kappa shape index (κ2) is 9.34. The fourth-order valence-corrected chi connectivity index (χ4v) is 3.71. The maximum absolute atomic E-state index is 14.6. The Morgan fingerprint density at radius 2 is 2.09 bits per heavy atom. The number of likely N-dealkylation sites (tertiary alicyclic amines) is 1. The number of rotatable bonds is 6. The number of aliphatic hydroxyl groups excluding tert-OH is 1. The first-order valence-corrected chi connectivity index (χ1v) is 10.5. The number of alkyl halides is 1. The van der Waals surface area contributed by atoms with Crippen LogP contribution in [0.5, 0.6) is 5.75 Å². The number of amides is 2. The Morgan fingerprint density at radius 3 is 2.76 bits per heavy atom. The topological polar surface area (TPSA) is 139 Å². The SMILES string of the molecule is N#Cc1cc(-c2ccnc(NC(=O)C3CC3=N)c2)ccc1O[C@H]1CCN(C(=O)CO)C[C@H]1F. The average molecular weight is 451 g/mol. The van der Waals surface area contributed by atoms with E-state index in [9.17, 15) is 19.2 Å². The summed E-state index contributed by atoms with van der Waals surface area (Å²) in [5, 5.41) is 28.7. The summed E-state index contributed by atoms with van der Waals surface area (Å²) in [6.07, 6.45) is -0.00998. The van der Waals surface area contributed by atoms with Crippen LogP contribution in [0.15, 0.2) is 36.5 Å². The van der Waals surface area contributed by atoms with Crippen molar-refractivity contribution in [2.45, 2.75) is 25.1 Å². The number of benzene rings is 1. The van der Waals surface area contributed by atoms with E-state index in [1.54, 1.807) is 30.3 Å². The molecular formula is C23H22FN5O4. The minimum Gasteiger partial charge on any atom is -0.486 e. The molecule has 33 heavy (non-hydrogen) atoms. The van der Waals surface area contributed by atoms with E-state index in [-0.39, 0.29) is 42.6 Å². The number of carbonyl (C=O) groups is 2. The van der Waals surface area contributed by atoms with Gasteiger partial charge in [0.1, 0.15) is 30.3 Å². The lowest BCUT2D eigenvalue weighted by molar-refractivity contribution is -0.138. The molecule has 2 fully saturated rings. The predicted octanol–water partition coefficient (Wildman–Crippen LogP) is 1.91. The normalized spacial score (nSPS) is 21.8. The Bertz CT molecular complexity index is 1150. The lowest BCUT2D eigenvalue weighted by atomic mass is 10.0. The third-order valence-corrected chi connectivity index (χ3v) is 5.69. The van der Waals surface area contributed by atoms with Gasteiger partial charge < -0.3 is 25.5 Å². The molecule has 170 valence electrons. The molecule has 0 bridgehead atoms. The fraction of sp³-hybridized carbons (Fsp3) is 0.348. The zero-order valence-corrected chi connectivity index (χ0v) is 17.6. The predicted molar refractivity (Wildman–Crippen MR) is 116 cm³/mol. The van der Waals surface area contributed by atoms with Crippen LogP contribution in [0.25, 0.3) is 11.1 Å². The van der Waals surface area contributed by atoms with E-state index in [0.717, 1.165) is 0 Å². The van der Waals surface area contributed by atoms with Gasteiger partial charge in [0.2, 0.25) is 11.8 Å². The minimum atomic E-state index is -1.44. The van der Waals surface area contributed by atoms with Crippen molar-refractivity contribution >= 4 is 23.3 Å². The third kappa shape index (κ3) is 4.99. The molecular weight excluding hydrogens is 429 g/mol. The molecule has 2 heterocycles. The number of hydrogen-bond donors (Lipinski definition) is 3. The van der Waals surface area contributed by atoms with Crippen LogP contribution in [-0.2, 0) is 9.59 Å². The summed E-state index contributed by atoms with van der Waals surface area (Å²) < 4.78 is 20.3. The zero-order valence-electron chi connectivity index (χ0n) is 17.6. The largest absolute Gasteiger partial charge is 0.486 e. The second-order valence-corrected chi connectivity index (χ2v) is 7.98. The molecule has 0 spiro atoms. The van der Waals surface area contributed by atoms with Crippen LogP contribution < -0.4 is 10.1 Å². The first kappa shape index (κ1) is 22.4. The summed E-state index contributed by atoms with van der Waals surface area (Å²) in [4.78, 5) is 29.0. The van der Waals surface area contributed by atoms with Gasteiger partial charge in [-0.3, -0.25) is 9.59 Å². The van der Waals surface area contributed by atoms with Crippen LogP contribution in [0.1, 0.15) is 18.4 Å². The smallest absolute Gasteiger partial charge is 0.248 e. The molecule has 10 heteroatoms. The number of halogens is 1. The number of pyridine rings is 1. The maximum atomic E-state index is 14.6. The van der Waals surface area contributed by atoms with Crippen molar-refractivity contribution in [3.05, 3.63) is 42.1 Å². The van der Waals surface area contributed by atoms with Gasteiger partial charge in [0, 0.05) is 31.3 Å². The molecule has 1 saturated carbocycles. The number of carbonyl (C=O) groups excluding carboxylic acids is 2. The van der Waals surface area contributed by atoms with Gasteiger partial charge in [-0.15, -0.1) is 0 Å². The van der Waals surface area contributed by atoms with E-state index in [4.69, 9.17) is 15.3 Å². The lowest BCUT2D eigenvalue weighted by Gasteiger charge is -2.34. The van der Waals surface area contributed by atoms with E-state index < -0.39 is 24.8 Å². The van der Waals surface area contributed by atoms with Crippen molar-refractivity contribution in [2.75, 3.05) is 25.0 Å². The monoisotopic (exact) mass is 451 g/mol. The molecule has 3 atom stereocenters. The van der Waals surface area contributed by atoms with Crippen LogP contribution in [0.3, 0.4) is 0 Å². The number of piperidine rings is 1. The molecule has 1 aromatic carbocycles. The summed E-state index contributed by atoms with van der Waals surface area (Å²) in [5.41, 5.74) is 2.03. The molecule has 1 unspecified atom stereocenters. The molecule has 2 aromatic rings. The number of ether oxygens (including phenoxy) is 1. The van der Waals surface area contributed by atoms with E-state index in [0.29, 0.717) is 29.1 Å². The number of anilines is 1. The maximum Gasteiger partial charge on any atom is 0.248 e. The van der Waals surface area contributed by atoms with Gasteiger partial charge >= 0.3 is 0 Å². The molecule has 1 aliphatic carbocycles. The quantitative estimate of drug-likeness (QED) is 0.613. The fourth-order valence-electron chi connectivity index (χ4n) is 3.71. The van der Waals surface area contributed by atoms with Gasteiger partial charge in [0.15, 0.2) is 6.17 Å². The van der Waals surface area contributed by atoms with E-state index in [2.05, 4.69) is 16.4 Å². The molecule has 1 saturated heterocycles. The zero-order chi connectivity index (χ0) is 23.5. The number of nitrogens with zero attached hydrogens (tertiary/aromatic N) is 3. The highest BCUT2D eigenvalue weighted by molar-refractivity contribution is 6.18. The average Bonchev–Trinajstić information content (AvgIpc) is 3.57. The van der Waals surface area contributed by atoms with Crippen LogP contribution in [0.4, 0.5) is 10.2 Å². The summed E-state index contributed by atoms with van der Waals surface area (Å²) >= 11 is 0. The second-order valence-electron chi connectivity index (χ2n) is 7.98. The Labute approximate surface area is 189 Å². The molecule has 3 N–H and O–H groups in total. The van der Waals surface area contributed by atoms with E-state index in [1.807, 2.05) is 0 Å². The number of hydrogen-bond acceptors (Lipinski definition) is 7. The molecule has 1 aromatic heterocycles. The first-order valence-electron chi connectivity index (χ1n) is 10.5. The first-order chi connectivity index (χ1) is 15.9. The van der Waals surface area contributed by atoms with Gasteiger partial charge in [-0.1, -0.05) is 6.07 Å². The Balaban J connectivity index is 1.47. The van der Waals surface area contributed by atoms with Crippen molar-refractivity contribution in [3.63, 3.8) is 0 Å². The third-order valence-electron chi connectivity index (χ3n) is 5.69. The molecule has 2 aliphatic rings. The Morgan fingerprint density at radius 1 is 1.33 bits per heavy atom. The summed E-state index contributed by atoms with van der Waals surface area (Å²) in [5.74, 6) is -0.587. The van der Waals surface area contributed by atoms with Gasteiger partial charge in [0.25, 0.3) is 0 Å². The van der Waals surface area contributed by atoms with Gasteiger partial charge in [-0.25, -0.2) is 9.37 Å². The molecule has 0 radical (unpaired) electrons. The highest BCUT2D eigenvalue weighted by Crippen LogP contribution is 2.30. The van der Waals surface area contributed by atoms with Crippen molar-refractivity contribution in [1.29, 1.82) is 10.7 Å². The van der Waals surface area contributed by atoms with Crippen LogP contribution in [-0.4, -0.2) is 64.5 Å². The van der Waals surface area contributed by atoms with E-state index >= 15 is 0 Å². The number of nitriles is 1. The highest BCUT2D eigenvalue weighted by Gasteiger charge is 2.37. The van der Waals surface area contributed by atoms with Crippen LogP contribution >= 0.6 is 0 Å². The van der Waals surface area contributed by atoms with Crippen molar-refractivity contribution in [2.24, 2.45) is 5.92 Å². The molecule has 2 amide bonds. The van der Waals surface area contributed by atoms with Gasteiger partial charge in [-0.05, 0) is 35.4 Å². The van der Waals surface area contributed by atoms with Gasteiger partial charge in [0.05, 0.1) is 18.0 Å². The minimum absolute atomic E-state index is 0.171. The van der Waals surface area contributed by atoms with Gasteiger partial charge in [-0.2, -0.15) is 5.26 Å².